The number of aryl methyl sites for hydroxylation is 1. The van der Waals surface area contributed by atoms with Crippen LogP contribution in [0.15, 0.2) is 18.2 Å². The number of carboxylic acids is 1. The molecule has 1 fully saturated rings. The molecule has 0 atom stereocenters. The van der Waals surface area contributed by atoms with Gasteiger partial charge < -0.3 is 15.3 Å². The fraction of sp³-hybridized carbons (Fsp3) is 0.429. The Labute approximate surface area is 122 Å². The van der Waals surface area contributed by atoms with Crippen molar-refractivity contribution in [3.05, 3.63) is 29.3 Å². The fourth-order valence-corrected chi connectivity index (χ4v) is 2.97. The molecule has 108 valence electrons. The number of carbonyl (C=O) groups is 2. The molecule has 0 aliphatic carbocycles. The normalized spacial score (nSPS) is 15.6. The predicted molar refractivity (Wildman–Crippen MR) is 80.7 cm³/mol. The first kappa shape index (κ1) is 14.7. The number of carbonyl (C=O) groups excluding carboxylic acids is 1. The van der Waals surface area contributed by atoms with E-state index in [2.05, 4.69) is 5.32 Å². The second-order valence-corrected chi connectivity index (χ2v) is 5.94. The molecule has 2 N–H and O–H groups in total. The molecule has 1 aliphatic heterocycles. The van der Waals surface area contributed by atoms with Gasteiger partial charge in [0.1, 0.15) is 0 Å². The van der Waals surface area contributed by atoms with Crippen molar-refractivity contribution in [3.8, 4) is 0 Å². The molecule has 1 saturated heterocycles. The van der Waals surface area contributed by atoms with E-state index in [0.717, 1.165) is 31.0 Å². The highest BCUT2D eigenvalue weighted by atomic mass is 32.2. The maximum Gasteiger partial charge on any atom is 0.336 e. The molecule has 1 heterocycles. The Morgan fingerprint density at radius 3 is 2.85 bits per heavy atom. The molecule has 6 heteroatoms. The van der Waals surface area contributed by atoms with Gasteiger partial charge >= 0.3 is 12.0 Å². The van der Waals surface area contributed by atoms with Crippen molar-refractivity contribution in [2.75, 3.05) is 29.9 Å². The van der Waals surface area contributed by atoms with Gasteiger partial charge in [-0.3, -0.25) is 0 Å². The summed E-state index contributed by atoms with van der Waals surface area (Å²) in [5.74, 6) is 1.05. The van der Waals surface area contributed by atoms with Crippen LogP contribution in [0.4, 0.5) is 10.5 Å². The molecule has 1 aliphatic rings. The summed E-state index contributed by atoms with van der Waals surface area (Å²) in [7, 11) is 0. The van der Waals surface area contributed by atoms with Crippen molar-refractivity contribution in [1.29, 1.82) is 0 Å². The predicted octanol–water partition coefficient (Wildman–Crippen LogP) is 2.66. The second kappa shape index (κ2) is 6.65. The minimum atomic E-state index is -0.982. The van der Waals surface area contributed by atoms with Crippen LogP contribution in [0.25, 0.3) is 0 Å². The SMILES string of the molecule is Cc1ccc(NC(=O)N2CCCSCC2)cc1C(=O)O. The largest absolute Gasteiger partial charge is 0.478 e. The molecule has 0 spiro atoms. The van der Waals surface area contributed by atoms with Crippen molar-refractivity contribution in [1.82, 2.24) is 4.90 Å². The van der Waals surface area contributed by atoms with E-state index >= 15 is 0 Å². The lowest BCUT2D eigenvalue weighted by molar-refractivity contribution is 0.0696. The molecule has 20 heavy (non-hydrogen) atoms. The van der Waals surface area contributed by atoms with Gasteiger partial charge in [0.25, 0.3) is 0 Å². The van der Waals surface area contributed by atoms with E-state index in [4.69, 9.17) is 5.11 Å². The first-order valence-electron chi connectivity index (χ1n) is 6.55. The molecule has 0 unspecified atom stereocenters. The Balaban J connectivity index is 2.07. The first-order chi connectivity index (χ1) is 9.58. The van der Waals surface area contributed by atoms with Gasteiger partial charge in [0.05, 0.1) is 5.56 Å². The number of rotatable bonds is 2. The zero-order valence-electron chi connectivity index (χ0n) is 11.4. The summed E-state index contributed by atoms with van der Waals surface area (Å²) < 4.78 is 0. The van der Waals surface area contributed by atoms with Gasteiger partial charge in [-0.15, -0.1) is 0 Å². The van der Waals surface area contributed by atoms with Crippen molar-refractivity contribution >= 4 is 29.4 Å². The van der Waals surface area contributed by atoms with Crippen molar-refractivity contribution in [2.45, 2.75) is 13.3 Å². The number of benzene rings is 1. The van der Waals surface area contributed by atoms with E-state index < -0.39 is 5.97 Å². The van der Waals surface area contributed by atoms with Crippen LogP contribution in [0.3, 0.4) is 0 Å². The second-order valence-electron chi connectivity index (χ2n) is 4.72. The van der Waals surface area contributed by atoms with Gasteiger partial charge in [-0.25, -0.2) is 9.59 Å². The lowest BCUT2D eigenvalue weighted by Gasteiger charge is -2.20. The summed E-state index contributed by atoms with van der Waals surface area (Å²) in [5, 5.41) is 11.9. The van der Waals surface area contributed by atoms with Crippen molar-refractivity contribution < 1.29 is 14.7 Å². The number of nitrogens with zero attached hydrogens (tertiary/aromatic N) is 1. The average Bonchev–Trinajstić information content (AvgIpc) is 2.69. The van der Waals surface area contributed by atoms with Gasteiger partial charge in [-0.05, 0) is 36.8 Å². The summed E-state index contributed by atoms with van der Waals surface area (Å²) in [6, 6.07) is 4.78. The van der Waals surface area contributed by atoms with Crippen LogP contribution in [0.2, 0.25) is 0 Å². The number of anilines is 1. The van der Waals surface area contributed by atoms with Crippen LogP contribution >= 0.6 is 11.8 Å². The molecular formula is C14H18N2O3S. The number of hydrogen-bond acceptors (Lipinski definition) is 3. The van der Waals surface area contributed by atoms with Gasteiger partial charge in [-0.2, -0.15) is 11.8 Å². The third kappa shape index (κ3) is 3.66. The number of thioether (sulfide) groups is 1. The standard InChI is InChI=1S/C14H18N2O3S/c1-10-3-4-11(9-12(10)13(17)18)15-14(19)16-5-2-7-20-8-6-16/h3-4,9H,2,5-8H2,1H3,(H,15,19)(H,17,18). The maximum absolute atomic E-state index is 12.1. The summed E-state index contributed by atoms with van der Waals surface area (Å²) in [6.45, 7) is 3.21. The third-order valence-electron chi connectivity index (χ3n) is 3.23. The van der Waals surface area contributed by atoms with E-state index in [0.29, 0.717) is 11.3 Å². The van der Waals surface area contributed by atoms with Crippen molar-refractivity contribution in [2.24, 2.45) is 0 Å². The zero-order chi connectivity index (χ0) is 14.5. The quantitative estimate of drug-likeness (QED) is 0.880. The molecule has 2 rings (SSSR count). The minimum Gasteiger partial charge on any atom is -0.478 e. The smallest absolute Gasteiger partial charge is 0.336 e. The molecule has 0 saturated carbocycles. The summed E-state index contributed by atoms with van der Waals surface area (Å²) in [5.41, 5.74) is 1.42. The molecule has 0 bridgehead atoms. The average molecular weight is 294 g/mol. The summed E-state index contributed by atoms with van der Waals surface area (Å²) >= 11 is 1.85. The Kier molecular flexibility index (Phi) is 4.89. The maximum atomic E-state index is 12.1. The first-order valence-corrected chi connectivity index (χ1v) is 7.71. The molecule has 0 radical (unpaired) electrons. The van der Waals surface area contributed by atoms with E-state index in [1.165, 1.54) is 6.07 Å². The van der Waals surface area contributed by atoms with Gasteiger partial charge in [0.15, 0.2) is 0 Å². The number of urea groups is 1. The number of aromatic carboxylic acids is 1. The number of amides is 2. The van der Waals surface area contributed by atoms with E-state index in [-0.39, 0.29) is 11.6 Å². The summed E-state index contributed by atoms with van der Waals surface area (Å²) in [6.07, 6.45) is 0.992. The Hall–Kier alpha value is -1.69. The monoisotopic (exact) mass is 294 g/mol. The molecule has 1 aromatic rings. The van der Waals surface area contributed by atoms with Crippen LogP contribution in [0, 0.1) is 6.92 Å². The molecular weight excluding hydrogens is 276 g/mol. The number of carboxylic acid groups (broad SMARTS) is 1. The van der Waals surface area contributed by atoms with E-state index in [1.54, 1.807) is 24.0 Å². The number of nitrogens with one attached hydrogen (secondary N) is 1. The van der Waals surface area contributed by atoms with Crippen LogP contribution in [0.1, 0.15) is 22.3 Å². The van der Waals surface area contributed by atoms with Gasteiger partial charge in [-0.1, -0.05) is 6.07 Å². The topological polar surface area (TPSA) is 69.6 Å². The van der Waals surface area contributed by atoms with E-state index in [1.807, 2.05) is 11.8 Å². The highest BCUT2D eigenvalue weighted by molar-refractivity contribution is 7.99. The molecule has 1 aromatic carbocycles. The van der Waals surface area contributed by atoms with Crippen LogP contribution in [-0.2, 0) is 0 Å². The highest BCUT2D eigenvalue weighted by Crippen LogP contribution is 2.17. The third-order valence-corrected chi connectivity index (χ3v) is 4.28. The van der Waals surface area contributed by atoms with Crippen LogP contribution in [-0.4, -0.2) is 46.6 Å². The van der Waals surface area contributed by atoms with Gasteiger partial charge in [0, 0.05) is 24.5 Å². The van der Waals surface area contributed by atoms with Crippen LogP contribution < -0.4 is 5.32 Å². The molecule has 2 amide bonds. The van der Waals surface area contributed by atoms with Gasteiger partial charge in [0.2, 0.25) is 0 Å². The highest BCUT2D eigenvalue weighted by Gasteiger charge is 2.16. The Morgan fingerprint density at radius 1 is 1.30 bits per heavy atom. The lowest BCUT2D eigenvalue weighted by Crippen LogP contribution is -2.36. The Morgan fingerprint density at radius 2 is 2.10 bits per heavy atom. The zero-order valence-corrected chi connectivity index (χ0v) is 12.2. The van der Waals surface area contributed by atoms with E-state index in [9.17, 15) is 9.59 Å². The fourth-order valence-electron chi connectivity index (χ4n) is 2.08. The van der Waals surface area contributed by atoms with Crippen molar-refractivity contribution in [3.63, 3.8) is 0 Å². The summed E-state index contributed by atoms with van der Waals surface area (Å²) in [4.78, 5) is 25.0. The van der Waals surface area contributed by atoms with Crippen LogP contribution in [0.5, 0.6) is 0 Å². The molecule has 0 aromatic heterocycles. The molecule has 5 nitrogen and oxygen atoms in total. The minimum absolute atomic E-state index is 0.160. The number of hydrogen-bond donors (Lipinski definition) is 2. The lowest BCUT2D eigenvalue weighted by atomic mass is 10.1. The Bertz CT molecular complexity index is 511.